The van der Waals surface area contributed by atoms with Gasteiger partial charge in [-0.3, -0.25) is 0 Å². The first kappa shape index (κ1) is 24.0. The lowest BCUT2D eigenvalue weighted by atomic mass is 9.89. The van der Waals surface area contributed by atoms with Crippen LogP contribution in [0.1, 0.15) is 105 Å². The molecule has 0 saturated heterocycles. The molecule has 3 aromatic rings. The zero-order valence-electron chi connectivity index (χ0n) is 23.2. The molecule has 5 heterocycles. The number of hydrogen-bond donors (Lipinski definition) is 2. The zero-order valence-corrected chi connectivity index (χ0v) is 23.2. The van der Waals surface area contributed by atoms with Crippen LogP contribution >= 0.6 is 0 Å². The van der Waals surface area contributed by atoms with Gasteiger partial charge in [-0.1, -0.05) is 20.8 Å². The van der Waals surface area contributed by atoms with Crippen molar-refractivity contribution in [1.82, 2.24) is 19.9 Å². The lowest BCUT2D eigenvalue weighted by Gasteiger charge is -2.13. The molecule has 0 radical (unpaired) electrons. The number of aryl methyl sites for hydroxylation is 4. The Morgan fingerprint density at radius 1 is 0.595 bits per heavy atom. The summed E-state index contributed by atoms with van der Waals surface area (Å²) in [7, 11) is 0. The summed E-state index contributed by atoms with van der Waals surface area (Å²) in [5.74, 6) is 0. The van der Waals surface area contributed by atoms with Crippen LogP contribution in [-0.2, 0) is 12.8 Å². The molecule has 8 bridgehead atoms. The van der Waals surface area contributed by atoms with E-state index in [1.165, 1.54) is 73.9 Å². The average molecular weight is 491 g/mol. The fourth-order valence-corrected chi connectivity index (χ4v) is 6.66. The maximum atomic E-state index is 5.25. The molecule has 4 heteroatoms. The van der Waals surface area contributed by atoms with Gasteiger partial charge in [0.1, 0.15) is 0 Å². The van der Waals surface area contributed by atoms with Gasteiger partial charge in [0.2, 0.25) is 0 Å². The van der Waals surface area contributed by atoms with Gasteiger partial charge in [-0.15, -0.1) is 0 Å². The van der Waals surface area contributed by atoms with Crippen molar-refractivity contribution >= 4 is 44.4 Å². The van der Waals surface area contributed by atoms with Crippen LogP contribution in [0.3, 0.4) is 0 Å². The van der Waals surface area contributed by atoms with Crippen LogP contribution in [0.5, 0.6) is 0 Å². The molecule has 4 nitrogen and oxygen atoms in total. The molecule has 6 rings (SSSR count). The average Bonchev–Trinajstić information content (AvgIpc) is 3.57. The minimum atomic E-state index is 0.966. The number of nitrogens with zero attached hydrogens (tertiary/aromatic N) is 2. The minimum absolute atomic E-state index is 0.966. The molecule has 2 N–H and O–H groups in total. The topological polar surface area (TPSA) is 57.4 Å². The Morgan fingerprint density at radius 3 is 1.70 bits per heavy atom. The van der Waals surface area contributed by atoms with Crippen molar-refractivity contribution in [2.75, 3.05) is 0 Å². The maximum absolute atomic E-state index is 5.25. The van der Waals surface area contributed by atoms with Gasteiger partial charge in [0.25, 0.3) is 0 Å². The predicted molar refractivity (Wildman–Crippen MR) is 157 cm³/mol. The van der Waals surface area contributed by atoms with Crippen molar-refractivity contribution in [2.45, 2.75) is 86.5 Å². The molecule has 1 aliphatic carbocycles. The van der Waals surface area contributed by atoms with Crippen LogP contribution in [0.15, 0.2) is 24.3 Å². The van der Waals surface area contributed by atoms with Crippen LogP contribution in [-0.4, -0.2) is 19.9 Å². The molecule has 3 aliphatic rings. The van der Waals surface area contributed by atoms with Crippen LogP contribution in [0, 0.1) is 13.8 Å². The van der Waals surface area contributed by atoms with E-state index in [9.17, 15) is 0 Å². The first-order chi connectivity index (χ1) is 17.9. The lowest BCUT2D eigenvalue weighted by molar-refractivity contribution is 0.756. The van der Waals surface area contributed by atoms with Crippen molar-refractivity contribution in [1.29, 1.82) is 0 Å². The van der Waals surface area contributed by atoms with Gasteiger partial charge in [0.05, 0.1) is 22.8 Å². The molecule has 0 saturated carbocycles. The summed E-state index contributed by atoms with van der Waals surface area (Å²) < 4.78 is 0. The van der Waals surface area contributed by atoms with E-state index < -0.39 is 0 Å². The van der Waals surface area contributed by atoms with Gasteiger partial charge in [0, 0.05) is 22.1 Å². The molecule has 37 heavy (non-hydrogen) atoms. The van der Waals surface area contributed by atoms with Gasteiger partial charge in [-0.2, -0.15) is 0 Å². The summed E-state index contributed by atoms with van der Waals surface area (Å²) in [6.45, 7) is 13.4. The molecular weight excluding hydrogens is 452 g/mol. The fraction of sp³-hybridized carbons (Fsp3) is 0.394. The van der Waals surface area contributed by atoms with E-state index in [1.807, 2.05) is 0 Å². The fourth-order valence-electron chi connectivity index (χ4n) is 6.66. The monoisotopic (exact) mass is 490 g/mol. The Kier molecular flexibility index (Phi) is 5.94. The van der Waals surface area contributed by atoms with E-state index in [4.69, 9.17) is 9.97 Å². The molecule has 0 atom stereocenters. The minimum Gasteiger partial charge on any atom is -0.355 e. The normalized spacial score (nSPS) is 15.5. The summed E-state index contributed by atoms with van der Waals surface area (Å²) >= 11 is 0. The SMILES string of the molecule is CCC1=C(C)c2cc3[nH]c(cc4[nH]c(cc5nc(cc1n2)C1=C5CCCC1)c(CC)c4C)c(CC)c3C. The van der Waals surface area contributed by atoms with E-state index >= 15 is 0 Å². The van der Waals surface area contributed by atoms with Gasteiger partial charge in [0.15, 0.2) is 0 Å². The molecule has 0 fully saturated rings. The van der Waals surface area contributed by atoms with Crippen LogP contribution < -0.4 is 0 Å². The van der Waals surface area contributed by atoms with Crippen molar-refractivity contribution in [2.24, 2.45) is 0 Å². The molecule has 0 unspecified atom stereocenters. The highest BCUT2D eigenvalue weighted by atomic mass is 14.8. The Bertz CT molecular complexity index is 1660. The lowest BCUT2D eigenvalue weighted by Crippen LogP contribution is -1.94. The smallest absolute Gasteiger partial charge is 0.0694 e. The molecule has 0 spiro atoms. The maximum Gasteiger partial charge on any atom is 0.0694 e. The van der Waals surface area contributed by atoms with Crippen LogP contribution in [0.4, 0.5) is 0 Å². The summed E-state index contributed by atoms with van der Waals surface area (Å²) in [4.78, 5) is 18.0. The summed E-state index contributed by atoms with van der Waals surface area (Å²) in [5.41, 5.74) is 20.0. The predicted octanol–water partition coefficient (Wildman–Crippen LogP) is 8.88. The molecule has 0 aromatic carbocycles. The highest BCUT2D eigenvalue weighted by Crippen LogP contribution is 2.42. The standard InChI is InChI=1S/C33H38N4/c1-7-21-18(4)26-14-27-19(5)22(8-2)30(35-27)16-32-24-12-10-11-13-25(24)33(37-32)17-31-23(9-3)20(6)28(36-31)15-29(21)34-26/h14-17,34,36H,7-13H2,1-6H3. The quantitative estimate of drug-likeness (QED) is 0.385. The van der Waals surface area contributed by atoms with Crippen molar-refractivity contribution in [3.63, 3.8) is 0 Å². The Balaban J connectivity index is 1.79. The van der Waals surface area contributed by atoms with E-state index in [-0.39, 0.29) is 0 Å². The second-order valence-corrected chi connectivity index (χ2v) is 10.8. The Morgan fingerprint density at radius 2 is 1.11 bits per heavy atom. The number of fused-ring (bicyclic) bond motifs is 10. The van der Waals surface area contributed by atoms with Crippen molar-refractivity contribution < 1.29 is 0 Å². The highest BCUT2D eigenvalue weighted by Gasteiger charge is 2.24. The van der Waals surface area contributed by atoms with Crippen LogP contribution in [0.25, 0.3) is 44.4 Å². The van der Waals surface area contributed by atoms with Gasteiger partial charge in [-0.25, -0.2) is 9.97 Å². The second-order valence-electron chi connectivity index (χ2n) is 10.8. The first-order valence-electron chi connectivity index (χ1n) is 14.1. The number of rotatable bonds is 3. The number of H-pyrrole nitrogens is 2. The molecule has 3 aromatic heterocycles. The zero-order chi connectivity index (χ0) is 25.8. The molecule has 0 amide bonds. The largest absolute Gasteiger partial charge is 0.355 e. The number of aromatic amines is 2. The molecular formula is C33H38N4. The molecule has 190 valence electrons. The number of aromatic nitrogens is 4. The first-order valence-corrected chi connectivity index (χ1v) is 14.1. The third-order valence-electron chi connectivity index (χ3n) is 8.80. The van der Waals surface area contributed by atoms with Crippen molar-refractivity contribution in [3.8, 4) is 0 Å². The Hall–Kier alpha value is -3.40. The van der Waals surface area contributed by atoms with E-state index in [0.29, 0.717) is 0 Å². The van der Waals surface area contributed by atoms with Gasteiger partial charge in [-0.05, 0) is 135 Å². The second kappa shape index (κ2) is 9.16. The van der Waals surface area contributed by atoms with E-state index in [1.54, 1.807) is 0 Å². The summed E-state index contributed by atoms with van der Waals surface area (Å²) in [6, 6.07) is 9.14. The van der Waals surface area contributed by atoms with Crippen molar-refractivity contribution in [3.05, 3.63) is 69.3 Å². The van der Waals surface area contributed by atoms with Gasteiger partial charge >= 0.3 is 0 Å². The third kappa shape index (κ3) is 3.80. The summed E-state index contributed by atoms with van der Waals surface area (Å²) in [6.07, 6.45) is 7.64. The van der Waals surface area contributed by atoms with E-state index in [2.05, 4.69) is 75.8 Å². The highest BCUT2D eigenvalue weighted by molar-refractivity contribution is 5.96. The number of nitrogens with one attached hydrogen (secondary N) is 2. The summed E-state index contributed by atoms with van der Waals surface area (Å²) in [5, 5.41) is 0. The number of hydrogen-bond acceptors (Lipinski definition) is 2. The van der Waals surface area contributed by atoms with Crippen LogP contribution in [0.2, 0.25) is 0 Å². The Labute approximate surface area is 220 Å². The number of allylic oxidation sites excluding steroid dienone is 4. The third-order valence-corrected chi connectivity index (χ3v) is 8.80. The van der Waals surface area contributed by atoms with Gasteiger partial charge < -0.3 is 9.97 Å². The van der Waals surface area contributed by atoms with E-state index in [0.717, 1.165) is 60.4 Å². The molecule has 2 aliphatic heterocycles.